The molecule has 2 heterocycles. The van der Waals surface area contributed by atoms with Gasteiger partial charge in [-0.25, -0.2) is 0 Å². The molecule has 0 spiro atoms. The maximum absolute atomic E-state index is 12.8. The molecule has 0 aliphatic carbocycles. The zero-order chi connectivity index (χ0) is 24.7. The normalized spacial score (nSPS) is 18.5. The van der Waals surface area contributed by atoms with Crippen molar-refractivity contribution >= 4 is 35.0 Å². The molecule has 0 bridgehead atoms. The predicted octanol–water partition coefficient (Wildman–Crippen LogP) is 0.955. The number of rotatable bonds is 7. The lowest BCUT2D eigenvalue weighted by Gasteiger charge is -2.37. The molecule has 2 saturated heterocycles. The van der Waals surface area contributed by atoms with Crippen molar-refractivity contribution < 1.29 is 14.4 Å². The van der Waals surface area contributed by atoms with Crippen molar-refractivity contribution in [3.8, 4) is 0 Å². The van der Waals surface area contributed by atoms with Gasteiger partial charge in [0.05, 0.1) is 30.3 Å². The van der Waals surface area contributed by atoms with Gasteiger partial charge in [0.1, 0.15) is 0 Å². The lowest BCUT2D eigenvalue weighted by Crippen LogP contribution is -2.55. The first-order valence-electron chi connectivity index (χ1n) is 11.9. The van der Waals surface area contributed by atoms with Crippen molar-refractivity contribution in [2.24, 2.45) is 0 Å². The average molecular weight is 493 g/mol. The molecule has 2 aliphatic heterocycles. The number of piperazine rings is 2. The molecule has 3 rings (SSSR count). The summed E-state index contributed by atoms with van der Waals surface area (Å²) in [7, 11) is 0. The van der Waals surface area contributed by atoms with Crippen LogP contribution in [0.5, 0.6) is 0 Å². The van der Waals surface area contributed by atoms with E-state index in [1.54, 1.807) is 12.1 Å². The first-order valence-corrected chi connectivity index (χ1v) is 12.3. The van der Waals surface area contributed by atoms with Crippen molar-refractivity contribution in [2.75, 3.05) is 77.3 Å². The molecular weight excluding hydrogens is 456 g/mol. The van der Waals surface area contributed by atoms with E-state index in [1.807, 2.05) is 37.8 Å². The molecule has 2 N–H and O–H groups in total. The Morgan fingerprint density at radius 3 is 1.85 bits per heavy atom. The summed E-state index contributed by atoms with van der Waals surface area (Å²) in [5, 5.41) is 6.36. The van der Waals surface area contributed by atoms with Crippen LogP contribution in [0.4, 0.5) is 5.69 Å². The molecule has 0 unspecified atom stereocenters. The quantitative estimate of drug-likeness (QED) is 0.589. The fourth-order valence-corrected chi connectivity index (χ4v) is 4.35. The number of carbonyl (C=O) groups excluding carboxylic acids is 3. The predicted molar refractivity (Wildman–Crippen MR) is 134 cm³/mol. The third-order valence-corrected chi connectivity index (χ3v) is 6.28. The van der Waals surface area contributed by atoms with Crippen LogP contribution in [0.3, 0.4) is 0 Å². The Morgan fingerprint density at radius 2 is 1.29 bits per heavy atom. The second-order valence-electron chi connectivity index (χ2n) is 10.0. The molecule has 1 aromatic rings. The third-order valence-electron chi connectivity index (χ3n) is 5.95. The standard InChI is InChI=1S/C24H37ClN6O3/c1-24(2,3)27-22(33)17-29-12-14-31(15-13-29)23(34)18-30-10-8-28(9-11-30)16-21(32)26-20-7-5-4-6-19(20)25/h4-7H,8-18H2,1-3H3,(H,26,32)(H,27,33). The molecule has 10 heteroatoms. The van der Waals surface area contributed by atoms with Crippen molar-refractivity contribution in [3.05, 3.63) is 29.3 Å². The second kappa shape index (κ2) is 12.0. The van der Waals surface area contributed by atoms with Gasteiger partial charge in [-0.05, 0) is 32.9 Å². The van der Waals surface area contributed by atoms with E-state index in [4.69, 9.17) is 11.6 Å². The Labute approximate surface area is 207 Å². The minimum absolute atomic E-state index is 0.0192. The maximum Gasteiger partial charge on any atom is 0.238 e. The maximum atomic E-state index is 12.8. The molecule has 0 atom stereocenters. The number of carbonyl (C=O) groups is 3. The van der Waals surface area contributed by atoms with Crippen LogP contribution in [0, 0.1) is 0 Å². The molecule has 3 amide bonds. The van der Waals surface area contributed by atoms with E-state index in [2.05, 4.69) is 25.3 Å². The molecule has 9 nitrogen and oxygen atoms in total. The highest BCUT2D eigenvalue weighted by Gasteiger charge is 2.26. The summed E-state index contributed by atoms with van der Waals surface area (Å²) in [5.74, 6) is 0.0566. The van der Waals surface area contributed by atoms with E-state index in [0.29, 0.717) is 56.5 Å². The first-order chi connectivity index (χ1) is 16.1. The molecule has 34 heavy (non-hydrogen) atoms. The molecular formula is C24H37ClN6O3. The largest absolute Gasteiger partial charge is 0.350 e. The van der Waals surface area contributed by atoms with E-state index in [-0.39, 0.29) is 23.3 Å². The van der Waals surface area contributed by atoms with E-state index < -0.39 is 0 Å². The highest BCUT2D eigenvalue weighted by Crippen LogP contribution is 2.20. The van der Waals surface area contributed by atoms with Gasteiger partial charge in [0.15, 0.2) is 0 Å². The zero-order valence-electron chi connectivity index (χ0n) is 20.5. The van der Waals surface area contributed by atoms with Gasteiger partial charge in [-0.3, -0.25) is 29.1 Å². The number of halogens is 1. The highest BCUT2D eigenvalue weighted by atomic mass is 35.5. The van der Waals surface area contributed by atoms with Crippen molar-refractivity contribution in [3.63, 3.8) is 0 Å². The van der Waals surface area contributed by atoms with E-state index in [1.165, 1.54) is 0 Å². The van der Waals surface area contributed by atoms with Crippen LogP contribution in [-0.2, 0) is 14.4 Å². The van der Waals surface area contributed by atoms with E-state index in [9.17, 15) is 14.4 Å². The molecule has 2 fully saturated rings. The van der Waals surface area contributed by atoms with Crippen LogP contribution in [0.15, 0.2) is 24.3 Å². The van der Waals surface area contributed by atoms with Gasteiger partial charge < -0.3 is 15.5 Å². The topological polar surface area (TPSA) is 88.2 Å². The smallest absolute Gasteiger partial charge is 0.238 e. The van der Waals surface area contributed by atoms with Gasteiger partial charge in [0, 0.05) is 57.9 Å². The second-order valence-corrected chi connectivity index (χ2v) is 10.4. The fraction of sp³-hybridized carbons (Fsp3) is 0.625. The van der Waals surface area contributed by atoms with Gasteiger partial charge in [0.2, 0.25) is 17.7 Å². The van der Waals surface area contributed by atoms with Crippen LogP contribution >= 0.6 is 11.6 Å². The third kappa shape index (κ3) is 8.54. The molecule has 0 radical (unpaired) electrons. The van der Waals surface area contributed by atoms with Crippen LogP contribution in [0.25, 0.3) is 0 Å². The van der Waals surface area contributed by atoms with Gasteiger partial charge in [-0.1, -0.05) is 23.7 Å². The van der Waals surface area contributed by atoms with E-state index in [0.717, 1.165) is 26.2 Å². The Hall–Kier alpha value is -2.20. The average Bonchev–Trinajstić information content (AvgIpc) is 2.76. The number of hydrogen-bond donors (Lipinski definition) is 2. The molecule has 188 valence electrons. The highest BCUT2D eigenvalue weighted by molar-refractivity contribution is 6.33. The minimum atomic E-state index is -0.238. The first kappa shape index (κ1) is 26.4. The van der Waals surface area contributed by atoms with Crippen molar-refractivity contribution in [2.45, 2.75) is 26.3 Å². The number of anilines is 1. The number of nitrogens with zero attached hydrogens (tertiary/aromatic N) is 4. The number of para-hydroxylation sites is 1. The molecule has 2 aliphatic rings. The van der Waals surface area contributed by atoms with Crippen LogP contribution in [0.2, 0.25) is 5.02 Å². The van der Waals surface area contributed by atoms with Gasteiger partial charge >= 0.3 is 0 Å². The van der Waals surface area contributed by atoms with Crippen LogP contribution in [-0.4, -0.2) is 115 Å². The summed E-state index contributed by atoms with van der Waals surface area (Å²) in [5.41, 5.74) is 0.381. The number of nitrogens with one attached hydrogen (secondary N) is 2. The Kier molecular flexibility index (Phi) is 9.30. The molecule has 0 saturated carbocycles. The lowest BCUT2D eigenvalue weighted by atomic mass is 10.1. The van der Waals surface area contributed by atoms with Crippen molar-refractivity contribution in [1.82, 2.24) is 24.9 Å². The van der Waals surface area contributed by atoms with Crippen LogP contribution < -0.4 is 10.6 Å². The van der Waals surface area contributed by atoms with Crippen LogP contribution in [0.1, 0.15) is 20.8 Å². The Morgan fingerprint density at radius 1 is 0.794 bits per heavy atom. The summed E-state index contributed by atoms with van der Waals surface area (Å²) in [6.45, 7) is 12.6. The van der Waals surface area contributed by atoms with Gasteiger partial charge in [-0.15, -0.1) is 0 Å². The number of amides is 3. The Bertz CT molecular complexity index is 859. The van der Waals surface area contributed by atoms with Gasteiger partial charge in [-0.2, -0.15) is 0 Å². The molecule has 0 aromatic heterocycles. The van der Waals surface area contributed by atoms with Crippen molar-refractivity contribution in [1.29, 1.82) is 0 Å². The summed E-state index contributed by atoms with van der Waals surface area (Å²) < 4.78 is 0. The number of benzene rings is 1. The van der Waals surface area contributed by atoms with Gasteiger partial charge in [0.25, 0.3) is 0 Å². The SMILES string of the molecule is CC(C)(C)NC(=O)CN1CCN(C(=O)CN2CCN(CC(=O)Nc3ccccc3Cl)CC2)CC1. The van der Waals surface area contributed by atoms with E-state index >= 15 is 0 Å². The fourth-order valence-electron chi connectivity index (χ4n) is 4.17. The molecule has 1 aromatic carbocycles. The zero-order valence-corrected chi connectivity index (χ0v) is 21.2. The Balaban J connectivity index is 1.33. The minimum Gasteiger partial charge on any atom is -0.350 e. The summed E-state index contributed by atoms with van der Waals surface area (Å²) in [6.07, 6.45) is 0. The monoisotopic (exact) mass is 492 g/mol. The summed E-state index contributed by atoms with van der Waals surface area (Å²) in [6, 6.07) is 7.19. The summed E-state index contributed by atoms with van der Waals surface area (Å²) in [4.78, 5) is 45.5. The summed E-state index contributed by atoms with van der Waals surface area (Å²) >= 11 is 6.10. The number of hydrogen-bond acceptors (Lipinski definition) is 6. The lowest BCUT2D eigenvalue weighted by molar-refractivity contribution is -0.135.